The number of carboxylic acids is 1. The van der Waals surface area contributed by atoms with E-state index in [0.717, 1.165) is 0 Å². The van der Waals surface area contributed by atoms with Crippen LogP contribution in [0.5, 0.6) is 0 Å². The van der Waals surface area contributed by atoms with Crippen LogP contribution in [0.25, 0.3) is 5.57 Å². The standard InChI is InChI=1S/C20H29FN4O4/c1-13-10-14(21)6-7-15(13)16-11-22-19(17(12-26)24(4)5)25(18(16)20(27)28)29-9-8-23(2)3/h6-7,10-11,17-18,26H,8-9,12H2,1-5H3,(H,27,28). The Morgan fingerprint density at radius 3 is 2.55 bits per heavy atom. The lowest BCUT2D eigenvalue weighted by atomic mass is 9.93. The van der Waals surface area contributed by atoms with Crippen molar-refractivity contribution in [2.75, 3.05) is 47.9 Å². The highest BCUT2D eigenvalue weighted by atomic mass is 19.1. The third-order valence-corrected chi connectivity index (χ3v) is 4.69. The monoisotopic (exact) mass is 408 g/mol. The summed E-state index contributed by atoms with van der Waals surface area (Å²) in [6.45, 7) is 2.25. The normalized spacial score (nSPS) is 18.1. The van der Waals surface area contributed by atoms with Crippen molar-refractivity contribution in [2.24, 2.45) is 4.99 Å². The van der Waals surface area contributed by atoms with Gasteiger partial charge in [-0.3, -0.25) is 9.74 Å². The summed E-state index contributed by atoms with van der Waals surface area (Å²) in [6.07, 6.45) is 1.46. The van der Waals surface area contributed by atoms with Gasteiger partial charge in [-0.25, -0.2) is 19.2 Å². The molecule has 1 aromatic rings. The minimum absolute atomic E-state index is 0.233. The van der Waals surface area contributed by atoms with Crippen molar-refractivity contribution in [2.45, 2.75) is 19.0 Å². The number of hydrogen-bond acceptors (Lipinski definition) is 7. The molecule has 160 valence electrons. The Bertz CT molecular complexity index is 795. The van der Waals surface area contributed by atoms with Crippen molar-refractivity contribution in [3.63, 3.8) is 0 Å². The molecule has 0 saturated carbocycles. The Labute approximate surface area is 170 Å². The van der Waals surface area contributed by atoms with Gasteiger partial charge in [-0.2, -0.15) is 0 Å². The van der Waals surface area contributed by atoms with Crippen molar-refractivity contribution in [1.29, 1.82) is 0 Å². The van der Waals surface area contributed by atoms with Crippen LogP contribution in [-0.4, -0.2) is 96.9 Å². The predicted octanol–water partition coefficient (Wildman–Crippen LogP) is 1.06. The van der Waals surface area contributed by atoms with Gasteiger partial charge in [0.05, 0.1) is 19.3 Å². The molecule has 1 aliphatic heterocycles. The second kappa shape index (κ2) is 9.93. The smallest absolute Gasteiger partial charge is 0.333 e. The van der Waals surface area contributed by atoms with E-state index in [-0.39, 0.29) is 13.2 Å². The van der Waals surface area contributed by atoms with Crippen LogP contribution in [0.3, 0.4) is 0 Å². The number of hydroxylamine groups is 2. The van der Waals surface area contributed by atoms with Crippen LogP contribution in [0.4, 0.5) is 4.39 Å². The Morgan fingerprint density at radius 2 is 2.03 bits per heavy atom. The van der Waals surface area contributed by atoms with Gasteiger partial charge >= 0.3 is 5.97 Å². The molecule has 2 N–H and O–H groups in total. The maximum atomic E-state index is 13.6. The topological polar surface area (TPSA) is 88.8 Å². The molecule has 0 fully saturated rings. The highest BCUT2D eigenvalue weighted by molar-refractivity contribution is 6.01. The molecule has 0 saturated heterocycles. The molecular formula is C20H29FN4O4. The zero-order valence-corrected chi connectivity index (χ0v) is 17.5. The van der Waals surface area contributed by atoms with E-state index in [1.165, 1.54) is 23.4 Å². The maximum Gasteiger partial charge on any atom is 0.333 e. The first-order valence-corrected chi connectivity index (χ1v) is 9.28. The summed E-state index contributed by atoms with van der Waals surface area (Å²) in [7, 11) is 7.29. The van der Waals surface area contributed by atoms with Gasteiger partial charge < -0.3 is 15.1 Å². The van der Waals surface area contributed by atoms with Crippen molar-refractivity contribution in [3.05, 3.63) is 41.3 Å². The van der Waals surface area contributed by atoms with Crippen LogP contribution in [0.2, 0.25) is 0 Å². The van der Waals surface area contributed by atoms with Crippen molar-refractivity contribution < 1.29 is 24.2 Å². The lowest BCUT2D eigenvalue weighted by Crippen LogP contribution is -2.55. The van der Waals surface area contributed by atoms with Crippen LogP contribution >= 0.6 is 0 Å². The molecule has 1 aromatic carbocycles. The fraction of sp³-hybridized carbons (Fsp3) is 0.500. The molecule has 0 aliphatic carbocycles. The number of aliphatic carboxylic acids is 1. The number of likely N-dealkylation sites (N-methyl/N-ethyl adjacent to an activating group) is 2. The van der Waals surface area contributed by atoms with Crippen LogP contribution in [0.15, 0.2) is 29.4 Å². The first-order valence-electron chi connectivity index (χ1n) is 9.28. The van der Waals surface area contributed by atoms with E-state index >= 15 is 0 Å². The predicted molar refractivity (Wildman–Crippen MR) is 109 cm³/mol. The van der Waals surface area contributed by atoms with Crippen molar-refractivity contribution >= 4 is 17.4 Å². The number of aliphatic imine (C=N–C) groups is 1. The summed E-state index contributed by atoms with van der Waals surface area (Å²) in [6, 6.07) is 2.43. The number of carbonyl (C=O) groups is 1. The molecule has 9 heteroatoms. The molecule has 29 heavy (non-hydrogen) atoms. The molecule has 0 amide bonds. The molecule has 0 bridgehead atoms. The highest BCUT2D eigenvalue weighted by Crippen LogP contribution is 2.30. The Hall–Kier alpha value is -2.33. The fourth-order valence-corrected chi connectivity index (χ4v) is 3.09. The third-order valence-electron chi connectivity index (χ3n) is 4.69. The summed E-state index contributed by atoms with van der Waals surface area (Å²) in [5, 5.41) is 21.1. The number of aliphatic hydroxyl groups is 1. The van der Waals surface area contributed by atoms with Crippen LogP contribution in [0.1, 0.15) is 11.1 Å². The number of carboxylic acid groups (broad SMARTS) is 1. The second-order valence-corrected chi connectivity index (χ2v) is 7.40. The summed E-state index contributed by atoms with van der Waals surface area (Å²) in [5.41, 5.74) is 1.56. The first-order chi connectivity index (χ1) is 13.7. The molecular weight excluding hydrogens is 379 g/mol. The fourth-order valence-electron chi connectivity index (χ4n) is 3.09. The van der Waals surface area contributed by atoms with Gasteiger partial charge in [0.2, 0.25) is 0 Å². The molecule has 2 rings (SSSR count). The quantitative estimate of drug-likeness (QED) is 0.632. The largest absolute Gasteiger partial charge is 0.479 e. The zero-order valence-electron chi connectivity index (χ0n) is 17.5. The van der Waals surface area contributed by atoms with E-state index in [2.05, 4.69) is 4.99 Å². The van der Waals surface area contributed by atoms with Gasteiger partial charge in [0.25, 0.3) is 0 Å². The SMILES string of the molecule is Cc1cc(F)ccc1C1=CN=C(C(CO)N(C)C)N(OCCN(C)C)C1C(=O)O. The van der Waals surface area contributed by atoms with Crippen molar-refractivity contribution in [1.82, 2.24) is 14.9 Å². The molecule has 0 aromatic heterocycles. The van der Waals surface area contributed by atoms with Gasteiger partial charge in [-0.1, -0.05) is 6.07 Å². The summed E-state index contributed by atoms with van der Waals surface area (Å²) < 4.78 is 13.6. The van der Waals surface area contributed by atoms with E-state index in [9.17, 15) is 19.4 Å². The Balaban J connectivity index is 2.54. The molecule has 2 atom stereocenters. The number of nitrogens with zero attached hydrogens (tertiary/aromatic N) is 4. The summed E-state index contributed by atoms with van der Waals surface area (Å²) in [4.78, 5) is 26.2. The lowest BCUT2D eigenvalue weighted by molar-refractivity contribution is -0.162. The zero-order chi connectivity index (χ0) is 21.7. The minimum Gasteiger partial charge on any atom is -0.479 e. The average Bonchev–Trinajstić information content (AvgIpc) is 2.62. The van der Waals surface area contributed by atoms with E-state index in [1.54, 1.807) is 32.0 Å². The minimum atomic E-state index is -1.19. The highest BCUT2D eigenvalue weighted by Gasteiger charge is 2.39. The maximum absolute atomic E-state index is 13.6. The molecule has 0 radical (unpaired) electrons. The Morgan fingerprint density at radius 1 is 1.34 bits per heavy atom. The van der Waals surface area contributed by atoms with Crippen LogP contribution in [0, 0.1) is 12.7 Å². The first kappa shape index (κ1) is 23.0. The van der Waals surface area contributed by atoms with E-state index < -0.39 is 23.9 Å². The number of aliphatic hydroxyl groups excluding tert-OH is 1. The van der Waals surface area contributed by atoms with E-state index in [1.807, 2.05) is 19.0 Å². The molecule has 1 heterocycles. The molecule has 8 nitrogen and oxygen atoms in total. The van der Waals surface area contributed by atoms with Gasteiger partial charge in [-0.15, -0.1) is 0 Å². The van der Waals surface area contributed by atoms with Crippen LogP contribution < -0.4 is 0 Å². The van der Waals surface area contributed by atoms with Crippen molar-refractivity contribution in [3.8, 4) is 0 Å². The number of benzene rings is 1. The number of rotatable bonds is 9. The van der Waals surface area contributed by atoms with Crippen LogP contribution in [-0.2, 0) is 9.63 Å². The summed E-state index contributed by atoms with van der Waals surface area (Å²) in [5.74, 6) is -1.23. The molecule has 0 spiro atoms. The molecule has 1 aliphatic rings. The third kappa shape index (κ3) is 5.39. The van der Waals surface area contributed by atoms with Gasteiger partial charge in [-0.05, 0) is 58.4 Å². The number of amidine groups is 1. The van der Waals surface area contributed by atoms with Gasteiger partial charge in [0.15, 0.2) is 6.04 Å². The van der Waals surface area contributed by atoms with Gasteiger partial charge in [0, 0.05) is 18.3 Å². The summed E-state index contributed by atoms with van der Waals surface area (Å²) >= 11 is 0. The number of halogens is 1. The molecule has 2 unspecified atom stereocenters. The number of aryl methyl sites for hydroxylation is 1. The lowest BCUT2D eigenvalue weighted by Gasteiger charge is -2.38. The average molecular weight is 408 g/mol. The van der Waals surface area contributed by atoms with E-state index in [0.29, 0.717) is 29.1 Å². The second-order valence-electron chi connectivity index (χ2n) is 7.40. The number of hydrogen-bond donors (Lipinski definition) is 2. The van der Waals surface area contributed by atoms with Gasteiger partial charge in [0.1, 0.15) is 11.7 Å². The van der Waals surface area contributed by atoms with E-state index in [4.69, 9.17) is 4.84 Å². The Kier molecular flexibility index (Phi) is 7.86.